The molecule has 0 aliphatic rings. The summed E-state index contributed by atoms with van der Waals surface area (Å²) in [4.78, 5) is 10.4. The van der Waals surface area contributed by atoms with E-state index in [1.54, 1.807) is 6.92 Å². The minimum atomic E-state index is -0.612. The smallest absolute Gasteiger partial charge is 0.295 e. The fourth-order valence-corrected chi connectivity index (χ4v) is 2.00. The van der Waals surface area contributed by atoms with Gasteiger partial charge in [-0.3, -0.25) is 10.1 Å². The number of nitro benzene ring substituents is 1. The Morgan fingerprint density at radius 1 is 1.33 bits per heavy atom. The van der Waals surface area contributed by atoms with Crippen molar-refractivity contribution in [3.05, 3.63) is 69.5 Å². The second kappa shape index (κ2) is 6.32. The molecule has 0 spiro atoms. The number of rotatable bonds is 5. The summed E-state index contributed by atoms with van der Waals surface area (Å²) >= 11 is 0. The summed E-state index contributed by atoms with van der Waals surface area (Å²) in [7, 11) is 0. The highest BCUT2D eigenvalue weighted by atomic mass is 19.1. The van der Waals surface area contributed by atoms with Crippen molar-refractivity contribution in [3.8, 4) is 0 Å². The Bertz CT molecular complexity index is 647. The first-order valence-electron chi connectivity index (χ1n) is 6.48. The van der Waals surface area contributed by atoms with Gasteiger partial charge < -0.3 is 11.1 Å². The van der Waals surface area contributed by atoms with Crippen molar-refractivity contribution >= 4 is 11.4 Å². The van der Waals surface area contributed by atoms with Crippen LogP contribution in [0.4, 0.5) is 15.8 Å². The molecule has 5 nitrogen and oxygen atoms in total. The van der Waals surface area contributed by atoms with Crippen LogP contribution in [0.15, 0.2) is 42.5 Å². The quantitative estimate of drug-likeness (QED) is 0.654. The summed E-state index contributed by atoms with van der Waals surface area (Å²) in [5, 5.41) is 13.9. The molecule has 0 saturated heterocycles. The number of hydrogen-bond acceptors (Lipinski definition) is 4. The van der Waals surface area contributed by atoms with Gasteiger partial charge in [0.25, 0.3) is 5.69 Å². The van der Waals surface area contributed by atoms with Gasteiger partial charge in [-0.15, -0.1) is 0 Å². The molecule has 21 heavy (non-hydrogen) atoms. The number of aryl methyl sites for hydroxylation is 1. The number of hydrogen-bond donors (Lipinski definition) is 2. The summed E-state index contributed by atoms with van der Waals surface area (Å²) < 4.78 is 13.4. The van der Waals surface area contributed by atoms with Crippen molar-refractivity contribution in [1.29, 1.82) is 0 Å². The highest BCUT2D eigenvalue weighted by Crippen LogP contribution is 2.28. The molecule has 1 atom stereocenters. The summed E-state index contributed by atoms with van der Waals surface area (Å²) in [5.41, 5.74) is 7.27. The lowest BCUT2D eigenvalue weighted by atomic mass is 10.1. The van der Waals surface area contributed by atoms with Gasteiger partial charge in [-0.25, -0.2) is 4.39 Å². The monoisotopic (exact) mass is 289 g/mol. The highest BCUT2D eigenvalue weighted by molar-refractivity contribution is 5.63. The van der Waals surface area contributed by atoms with E-state index < -0.39 is 10.7 Å². The molecule has 1 unspecified atom stereocenters. The van der Waals surface area contributed by atoms with Crippen molar-refractivity contribution in [1.82, 2.24) is 0 Å². The molecule has 0 amide bonds. The van der Waals surface area contributed by atoms with Crippen LogP contribution in [0.3, 0.4) is 0 Å². The summed E-state index contributed by atoms with van der Waals surface area (Å²) in [6, 6.07) is 11.4. The zero-order chi connectivity index (χ0) is 15.4. The van der Waals surface area contributed by atoms with Gasteiger partial charge in [0, 0.05) is 12.6 Å². The standard InChI is InChI=1S/C15H16FN3O2/c1-10-7-14(15(19(20)21)8-12(10)16)18-9-13(17)11-5-3-2-4-6-11/h2-8,13,18H,9,17H2,1H3. The molecule has 0 aromatic heterocycles. The lowest BCUT2D eigenvalue weighted by Gasteiger charge is -2.14. The summed E-state index contributed by atoms with van der Waals surface area (Å²) in [6.45, 7) is 1.87. The average Bonchev–Trinajstić information content (AvgIpc) is 2.48. The lowest BCUT2D eigenvalue weighted by molar-refractivity contribution is -0.384. The molecule has 0 saturated carbocycles. The van der Waals surface area contributed by atoms with Gasteiger partial charge in [0.15, 0.2) is 0 Å². The van der Waals surface area contributed by atoms with E-state index in [1.165, 1.54) is 6.07 Å². The third-order valence-corrected chi connectivity index (χ3v) is 3.21. The molecule has 0 heterocycles. The molecule has 0 bridgehead atoms. The van der Waals surface area contributed by atoms with E-state index in [0.717, 1.165) is 11.6 Å². The predicted molar refractivity (Wildman–Crippen MR) is 79.7 cm³/mol. The van der Waals surface area contributed by atoms with Gasteiger partial charge in [0.1, 0.15) is 11.5 Å². The molecule has 0 aliphatic heterocycles. The number of anilines is 1. The van der Waals surface area contributed by atoms with Crippen molar-refractivity contribution in [2.24, 2.45) is 5.73 Å². The second-order valence-electron chi connectivity index (χ2n) is 4.77. The maximum absolute atomic E-state index is 13.4. The Labute approximate surface area is 121 Å². The highest BCUT2D eigenvalue weighted by Gasteiger charge is 2.17. The SMILES string of the molecule is Cc1cc(NCC(N)c2ccccc2)c([N+](=O)[O-])cc1F. The molecule has 2 aromatic carbocycles. The predicted octanol–water partition coefficient (Wildman–Crippen LogP) is 3.15. The van der Waals surface area contributed by atoms with Crippen LogP contribution >= 0.6 is 0 Å². The summed E-state index contributed by atoms with van der Waals surface area (Å²) in [6.07, 6.45) is 0. The number of nitrogens with one attached hydrogen (secondary N) is 1. The first-order chi connectivity index (χ1) is 9.99. The topological polar surface area (TPSA) is 81.2 Å². The fraction of sp³-hybridized carbons (Fsp3) is 0.200. The molecule has 0 fully saturated rings. The molecule has 2 aromatic rings. The van der Waals surface area contributed by atoms with Crippen LogP contribution in [0.1, 0.15) is 17.2 Å². The van der Waals surface area contributed by atoms with Gasteiger partial charge in [-0.2, -0.15) is 0 Å². The fourth-order valence-electron chi connectivity index (χ4n) is 2.00. The molecule has 0 aliphatic carbocycles. The van der Waals surface area contributed by atoms with Crippen LogP contribution in [-0.2, 0) is 0 Å². The van der Waals surface area contributed by atoms with E-state index in [-0.39, 0.29) is 17.4 Å². The van der Waals surface area contributed by atoms with Crippen molar-refractivity contribution in [2.75, 3.05) is 11.9 Å². The van der Waals surface area contributed by atoms with Crippen molar-refractivity contribution in [2.45, 2.75) is 13.0 Å². The van der Waals surface area contributed by atoms with Gasteiger partial charge in [-0.05, 0) is 24.1 Å². The van der Waals surface area contributed by atoms with E-state index in [1.807, 2.05) is 30.3 Å². The second-order valence-corrected chi connectivity index (χ2v) is 4.77. The number of benzene rings is 2. The summed E-state index contributed by atoms with van der Waals surface area (Å²) in [5.74, 6) is -0.598. The Morgan fingerprint density at radius 3 is 2.62 bits per heavy atom. The van der Waals surface area contributed by atoms with Crippen LogP contribution in [-0.4, -0.2) is 11.5 Å². The third kappa shape index (κ3) is 3.55. The lowest BCUT2D eigenvalue weighted by Crippen LogP contribution is -2.21. The molecule has 110 valence electrons. The zero-order valence-electron chi connectivity index (χ0n) is 11.5. The van der Waals surface area contributed by atoms with Crippen LogP contribution in [0.5, 0.6) is 0 Å². The number of nitrogens with zero attached hydrogens (tertiary/aromatic N) is 1. The molecule has 0 radical (unpaired) electrons. The minimum Gasteiger partial charge on any atom is -0.378 e. The van der Waals surface area contributed by atoms with E-state index >= 15 is 0 Å². The molecular formula is C15H16FN3O2. The number of halogens is 1. The normalized spacial score (nSPS) is 12.0. The Balaban J connectivity index is 2.16. The molecule has 2 rings (SSSR count). The van der Waals surface area contributed by atoms with Gasteiger partial charge in [0.05, 0.1) is 11.0 Å². The largest absolute Gasteiger partial charge is 0.378 e. The van der Waals surface area contributed by atoms with Crippen LogP contribution in [0.2, 0.25) is 0 Å². The molecule has 3 N–H and O–H groups in total. The Hall–Kier alpha value is -2.47. The first kappa shape index (κ1) is 14.9. The minimum absolute atomic E-state index is 0.269. The maximum Gasteiger partial charge on any atom is 0.295 e. The average molecular weight is 289 g/mol. The van der Waals surface area contributed by atoms with E-state index in [4.69, 9.17) is 5.73 Å². The zero-order valence-corrected chi connectivity index (χ0v) is 11.5. The Kier molecular flexibility index (Phi) is 4.49. The van der Waals surface area contributed by atoms with Crippen molar-refractivity contribution < 1.29 is 9.31 Å². The van der Waals surface area contributed by atoms with Gasteiger partial charge in [-0.1, -0.05) is 30.3 Å². The van der Waals surface area contributed by atoms with E-state index in [9.17, 15) is 14.5 Å². The van der Waals surface area contributed by atoms with Gasteiger partial charge >= 0.3 is 0 Å². The number of nitrogens with two attached hydrogens (primary N) is 1. The van der Waals surface area contributed by atoms with Crippen LogP contribution < -0.4 is 11.1 Å². The van der Waals surface area contributed by atoms with Crippen molar-refractivity contribution in [3.63, 3.8) is 0 Å². The number of nitro groups is 1. The third-order valence-electron chi connectivity index (χ3n) is 3.21. The first-order valence-corrected chi connectivity index (χ1v) is 6.48. The molecule has 6 heteroatoms. The maximum atomic E-state index is 13.4. The van der Waals surface area contributed by atoms with Gasteiger partial charge in [0.2, 0.25) is 0 Å². The van der Waals surface area contributed by atoms with E-state index in [0.29, 0.717) is 12.1 Å². The van der Waals surface area contributed by atoms with Crippen LogP contribution in [0, 0.1) is 22.9 Å². The molecular weight excluding hydrogens is 273 g/mol. The van der Waals surface area contributed by atoms with Crippen LogP contribution in [0.25, 0.3) is 0 Å². The Morgan fingerprint density at radius 2 is 2.00 bits per heavy atom. The van der Waals surface area contributed by atoms with E-state index in [2.05, 4.69) is 5.32 Å².